The number of piperazine rings is 1. The van der Waals surface area contributed by atoms with E-state index in [2.05, 4.69) is 29.0 Å². The van der Waals surface area contributed by atoms with Crippen molar-refractivity contribution in [3.05, 3.63) is 29.3 Å². The Morgan fingerprint density at radius 2 is 1.88 bits per heavy atom. The van der Waals surface area contributed by atoms with Crippen LogP contribution in [0.4, 0.5) is 10.1 Å². The van der Waals surface area contributed by atoms with Crippen molar-refractivity contribution >= 4 is 5.69 Å². The second-order valence-corrected chi connectivity index (χ2v) is 4.56. The van der Waals surface area contributed by atoms with Gasteiger partial charge in [-0.1, -0.05) is 17.7 Å². The molecule has 0 unspecified atom stereocenters. The molecule has 2 rings (SSSR count). The van der Waals surface area contributed by atoms with Crippen molar-refractivity contribution in [3.63, 3.8) is 0 Å². The van der Waals surface area contributed by atoms with Crippen LogP contribution >= 0.6 is 0 Å². The zero-order valence-electron chi connectivity index (χ0n) is 10.0. The van der Waals surface area contributed by atoms with Crippen LogP contribution in [0.25, 0.3) is 0 Å². The predicted octanol–water partition coefficient (Wildman–Crippen LogP) is 2.22. The number of benzene rings is 1. The fourth-order valence-corrected chi connectivity index (χ4v) is 2.18. The maximum absolute atomic E-state index is 13.0. The molecule has 0 atom stereocenters. The van der Waals surface area contributed by atoms with Crippen molar-refractivity contribution in [2.75, 3.05) is 38.1 Å². The molecule has 0 spiro atoms. The summed E-state index contributed by atoms with van der Waals surface area (Å²) in [5.41, 5.74) is 3.02. The summed E-state index contributed by atoms with van der Waals surface area (Å²) < 4.78 is 13.0. The first-order chi connectivity index (χ1) is 7.70. The Bertz CT molecular complexity index is 357. The Kier molecular flexibility index (Phi) is 3.44. The van der Waals surface area contributed by atoms with E-state index in [1.165, 1.54) is 0 Å². The van der Waals surface area contributed by atoms with Gasteiger partial charge in [-0.2, -0.15) is 0 Å². The first kappa shape index (κ1) is 11.4. The van der Waals surface area contributed by atoms with Crippen molar-refractivity contribution in [3.8, 4) is 0 Å². The van der Waals surface area contributed by atoms with Crippen molar-refractivity contribution in [2.45, 2.75) is 13.6 Å². The van der Waals surface area contributed by atoms with Gasteiger partial charge in [0.05, 0.1) is 0 Å². The van der Waals surface area contributed by atoms with Gasteiger partial charge in [-0.05, 0) is 20.0 Å². The van der Waals surface area contributed by atoms with Crippen molar-refractivity contribution in [1.29, 1.82) is 0 Å². The van der Waals surface area contributed by atoms with Crippen LogP contribution in [0.3, 0.4) is 0 Å². The average Bonchev–Trinajstić information content (AvgIpc) is 2.30. The fraction of sp³-hybridized carbons (Fsp3) is 0.538. The second kappa shape index (κ2) is 4.83. The highest BCUT2D eigenvalue weighted by molar-refractivity contribution is 5.55. The Labute approximate surface area is 96.7 Å². The second-order valence-electron chi connectivity index (χ2n) is 4.56. The molecule has 1 aromatic carbocycles. The Balaban J connectivity index is 2.19. The van der Waals surface area contributed by atoms with Gasteiger partial charge in [-0.3, -0.25) is 0 Å². The van der Waals surface area contributed by atoms with E-state index < -0.39 is 0 Å². The smallest absolute Gasteiger partial charge is 0.117 e. The van der Waals surface area contributed by atoms with Gasteiger partial charge < -0.3 is 9.80 Å². The summed E-state index contributed by atoms with van der Waals surface area (Å²) in [4.78, 5) is 4.59. The number of likely N-dealkylation sites (N-methyl/N-ethyl adjacent to an activating group) is 1. The maximum atomic E-state index is 13.0. The van der Waals surface area contributed by atoms with E-state index in [-0.39, 0.29) is 6.67 Å². The molecule has 16 heavy (non-hydrogen) atoms. The molecule has 0 aromatic heterocycles. The molecule has 1 heterocycles. The van der Waals surface area contributed by atoms with E-state index in [1.54, 1.807) is 0 Å². The molecule has 0 amide bonds. The number of aryl methyl sites for hydroxylation is 1. The predicted molar refractivity (Wildman–Crippen MR) is 65.7 cm³/mol. The first-order valence-corrected chi connectivity index (χ1v) is 5.79. The molecule has 3 heteroatoms. The van der Waals surface area contributed by atoms with E-state index in [0.29, 0.717) is 0 Å². The molecule has 0 bridgehead atoms. The summed E-state index contributed by atoms with van der Waals surface area (Å²) in [5, 5.41) is 0. The van der Waals surface area contributed by atoms with Gasteiger partial charge in [-0.15, -0.1) is 0 Å². The van der Waals surface area contributed by atoms with Crippen LogP contribution in [0.5, 0.6) is 0 Å². The highest BCUT2D eigenvalue weighted by atomic mass is 19.1. The number of hydrogen-bond acceptors (Lipinski definition) is 2. The van der Waals surface area contributed by atoms with Crippen LogP contribution in [0.2, 0.25) is 0 Å². The number of hydrogen-bond donors (Lipinski definition) is 0. The van der Waals surface area contributed by atoms with Gasteiger partial charge in [0.1, 0.15) is 6.67 Å². The topological polar surface area (TPSA) is 6.48 Å². The monoisotopic (exact) mass is 222 g/mol. The lowest BCUT2D eigenvalue weighted by atomic mass is 10.1. The third kappa shape index (κ3) is 2.35. The lowest BCUT2D eigenvalue weighted by Crippen LogP contribution is -2.44. The fourth-order valence-electron chi connectivity index (χ4n) is 2.18. The molecular formula is C13H19FN2. The molecule has 0 saturated carbocycles. The van der Waals surface area contributed by atoms with E-state index in [1.807, 2.05) is 13.0 Å². The number of rotatable bonds is 2. The average molecular weight is 222 g/mol. The Morgan fingerprint density at radius 3 is 2.50 bits per heavy atom. The SMILES string of the molecule is Cc1ccc(N2CCN(C)CC2)c(CF)c1. The maximum Gasteiger partial charge on any atom is 0.117 e. The quantitative estimate of drug-likeness (QED) is 0.757. The number of nitrogens with zero attached hydrogens (tertiary/aromatic N) is 2. The summed E-state index contributed by atoms with van der Waals surface area (Å²) in [6.07, 6.45) is 0. The van der Waals surface area contributed by atoms with Gasteiger partial charge in [0.25, 0.3) is 0 Å². The van der Waals surface area contributed by atoms with Crippen molar-refractivity contribution in [2.24, 2.45) is 0 Å². The van der Waals surface area contributed by atoms with Crippen LogP contribution in [0, 0.1) is 6.92 Å². The zero-order chi connectivity index (χ0) is 11.5. The van der Waals surface area contributed by atoms with Crippen LogP contribution in [-0.4, -0.2) is 38.1 Å². The summed E-state index contributed by atoms with van der Waals surface area (Å²) in [7, 11) is 2.13. The van der Waals surface area contributed by atoms with Crippen LogP contribution in [-0.2, 0) is 6.67 Å². The minimum absolute atomic E-state index is 0.372. The molecule has 1 aromatic rings. The number of anilines is 1. The molecular weight excluding hydrogens is 203 g/mol. The lowest BCUT2D eigenvalue weighted by Gasteiger charge is -2.35. The van der Waals surface area contributed by atoms with Gasteiger partial charge in [-0.25, -0.2) is 4.39 Å². The third-order valence-electron chi connectivity index (χ3n) is 3.22. The van der Waals surface area contributed by atoms with Crippen LogP contribution < -0.4 is 4.90 Å². The summed E-state index contributed by atoms with van der Waals surface area (Å²) in [6.45, 7) is 5.73. The largest absolute Gasteiger partial charge is 0.369 e. The molecule has 88 valence electrons. The standard InChI is InChI=1S/C13H19FN2/c1-11-3-4-13(12(9-11)10-14)16-7-5-15(2)6-8-16/h3-4,9H,5-8,10H2,1-2H3. The summed E-state index contributed by atoms with van der Waals surface area (Å²) in [5.74, 6) is 0. The van der Waals surface area contributed by atoms with Gasteiger partial charge >= 0.3 is 0 Å². The number of halogens is 1. The van der Waals surface area contributed by atoms with E-state index in [9.17, 15) is 4.39 Å². The molecule has 1 aliphatic rings. The third-order valence-corrected chi connectivity index (χ3v) is 3.22. The number of alkyl halides is 1. The normalized spacial score (nSPS) is 17.8. The van der Waals surface area contributed by atoms with Gasteiger partial charge in [0.15, 0.2) is 0 Å². The molecule has 1 saturated heterocycles. The van der Waals surface area contributed by atoms with Gasteiger partial charge in [0.2, 0.25) is 0 Å². The van der Waals surface area contributed by atoms with E-state index in [4.69, 9.17) is 0 Å². The first-order valence-electron chi connectivity index (χ1n) is 5.79. The van der Waals surface area contributed by atoms with Crippen molar-refractivity contribution < 1.29 is 4.39 Å². The van der Waals surface area contributed by atoms with Crippen LogP contribution in [0.1, 0.15) is 11.1 Å². The summed E-state index contributed by atoms with van der Waals surface area (Å²) >= 11 is 0. The molecule has 0 aliphatic carbocycles. The highest BCUT2D eigenvalue weighted by Crippen LogP contribution is 2.23. The molecule has 1 aliphatic heterocycles. The van der Waals surface area contributed by atoms with E-state index in [0.717, 1.165) is 43.0 Å². The highest BCUT2D eigenvalue weighted by Gasteiger charge is 2.16. The molecule has 0 N–H and O–H groups in total. The zero-order valence-corrected chi connectivity index (χ0v) is 10.0. The van der Waals surface area contributed by atoms with Crippen molar-refractivity contribution in [1.82, 2.24) is 4.90 Å². The minimum atomic E-state index is -0.372. The molecule has 2 nitrogen and oxygen atoms in total. The van der Waals surface area contributed by atoms with Gasteiger partial charge in [0, 0.05) is 37.4 Å². The Hall–Kier alpha value is -1.09. The molecule has 1 fully saturated rings. The minimum Gasteiger partial charge on any atom is -0.369 e. The van der Waals surface area contributed by atoms with Crippen LogP contribution in [0.15, 0.2) is 18.2 Å². The van der Waals surface area contributed by atoms with E-state index >= 15 is 0 Å². The lowest BCUT2D eigenvalue weighted by molar-refractivity contribution is 0.312. The Morgan fingerprint density at radius 1 is 1.19 bits per heavy atom. The molecule has 0 radical (unpaired) electrons. The summed E-state index contributed by atoms with van der Waals surface area (Å²) in [6, 6.07) is 6.07.